The van der Waals surface area contributed by atoms with Gasteiger partial charge in [0.25, 0.3) is 0 Å². The normalized spacial score (nSPS) is 19.2. The van der Waals surface area contributed by atoms with Gasteiger partial charge in [0.2, 0.25) is 5.91 Å². The first-order valence-corrected chi connectivity index (χ1v) is 6.70. The molecule has 7 heteroatoms. The van der Waals surface area contributed by atoms with Gasteiger partial charge in [0.05, 0.1) is 0 Å². The third-order valence-electron chi connectivity index (χ3n) is 3.25. The highest BCUT2D eigenvalue weighted by Gasteiger charge is 2.26. The molecule has 1 aromatic rings. The van der Waals surface area contributed by atoms with Crippen molar-refractivity contribution in [1.82, 2.24) is 16.0 Å². The highest BCUT2D eigenvalue weighted by atomic mass is 16.4. The molecule has 21 heavy (non-hydrogen) atoms. The maximum atomic E-state index is 11.9. The van der Waals surface area contributed by atoms with Crippen molar-refractivity contribution < 1.29 is 19.5 Å². The van der Waals surface area contributed by atoms with Crippen molar-refractivity contribution in [1.29, 1.82) is 0 Å². The zero-order chi connectivity index (χ0) is 15.2. The van der Waals surface area contributed by atoms with Gasteiger partial charge in [-0.2, -0.15) is 0 Å². The van der Waals surface area contributed by atoms with Crippen LogP contribution in [0.1, 0.15) is 24.4 Å². The van der Waals surface area contributed by atoms with Crippen molar-refractivity contribution in [3.05, 3.63) is 35.9 Å². The van der Waals surface area contributed by atoms with E-state index in [-0.39, 0.29) is 5.91 Å². The maximum absolute atomic E-state index is 11.9. The van der Waals surface area contributed by atoms with E-state index >= 15 is 0 Å². The van der Waals surface area contributed by atoms with Crippen LogP contribution in [0, 0.1) is 0 Å². The largest absolute Gasteiger partial charge is 0.479 e. The van der Waals surface area contributed by atoms with Crippen molar-refractivity contribution in [2.45, 2.75) is 24.9 Å². The van der Waals surface area contributed by atoms with Crippen LogP contribution in [0.4, 0.5) is 4.79 Å². The molecule has 0 aromatic heterocycles. The van der Waals surface area contributed by atoms with Crippen LogP contribution in [0.25, 0.3) is 0 Å². The van der Waals surface area contributed by atoms with Gasteiger partial charge in [-0.1, -0.05) is 30.3 Å². The summed E-state index contributed by atoms with van der Waals surface area (Å²) in [7, 11) is 0. The highest BCUT2D eigenvalue weighted by Crippen LogP contribution is 2.12. The monoisotopic (exact) mass is 291 g/mol. The molecule has 2 atom stereocenters. The third kappa shape index (κ3) is 3.95. The number of nitrogens with one attached hydrogen (secondary N) is 3. The summed E-state index contributed by atoms with van der Waals surface area (Å²) in [6.45, 7) is 0.598. The van der Waals surface area contributed by atoms with E-state index in [0.29, 0.717) is 18.5 Å². The van der Waals surface area contributed by atoms with Crippen LogP contribution >= 0.6 is 0 Å². The predicted molar refractivity (Wildman–Crippen MR) is 74.5 cm³/mol. The summed E-state index contributed by atoms with van der Waals surface area (Å²) in [5.41, 5.74) is 0.466. The number of urea groups is 1. The molecule has 0 bridgehead atoms. The molecule has 2 unspecified atom stereocenters. The highest BCUT2D eigenvalue weighted by molar-refractivity contribution is 5.89. The Bertz CT molecular complexity index is 532. The second-order valence-electron chi connectivity index (χ2n) is 4.79. The summed E-state index contributed by atoms with van der Waals surface area (Å²) < 4.78 is 0. The van der Waals surface area contributed by atoms with Gasteiger partial charge in [-0.05, 0) is 18.4 Å². The van der Waals surface area contributed by atoms with Gasteiger partial charge in [0.15, 0.2) is 6.04 Å². The number of carboxylic acids is 1. The minimum absolute atomic E-state index is 0.247. The molecular formula is C14H17N3O4. The van der Waals surface area contributed by atoms with Crippen LogP contribution in [-0.4, -0.2) is 35.6 Å². The number of aliphatic carboxylic acids is 1. The Morgan fingerprint density at radius 2 is 2.00 bits per heavy atom. The van der Waals surface area contributed by atoms with Gasteiger partial charge < -0.3 is 21.1 Å². The number of hydrogen-bond donors (Lipinski definition) is 4. The predicted octanol–water partition coefficient (Wildman–Crippen LogP) is 0.390. The lowest BCUT2D eigenvalue weighted by Crippen LogP contribution is -2.53. The fraction of sp³-hybridized carbons (Fsp3) is 0.357. The summed E-state index contributed by atoms with van der Waals surface area (Å²) in [6.07, 6.45) is 1.32. The molecule has 1 aromatic carbocycles. The first-order chi connectivity index (χ1) is 10.1. The van der Waals surface area contributed by atoms with Gasteiger partial charge in [-0.15, -0.1) is 0 Å². The molecule has 0 radical (unpaired) electrons. The van der Waals surface area contributed by atoms with E-state index in [1.165, 1.54) is 0 Å². The van der Waals surface area contributed by atoms with Crippen molar-refractivity contribution in [3.8, 4) is 0 Å². The summed E-state index contributed by atoms with van der Waals surface area (Å²) in [4.78, 5) is 34.7. The quantitative estimate of drug-likeness (QED) is 0.643. The van der Waals surface area contributed by atoms with Gasteiger partial charge in [-0.25, -0.2) is 9.59 Å². The van der Waals surface area contributed by atoms with Crippen molar-refractivity contribution in [3.63, 3.8) is 0 Å². The summed E-state index contributed by atoms with van der Waals surface area (Å²) in [6, 6.07) is 5.93. The number of carbonyl (C=O) groups excluding carboxylic acids is 2. The van der Waals surface area contributed by atoms with Gasteiger partial charge in [0, 0.05) is 6.54 Å². The Hall–Kier alpha value is -2.57. The summed E-state index contributed by atoms with van der Waals surface area (Å²) in [5, 5.41) is 16.7. The number of carboxylic acid groups (broad SMARTS) is 1. The van der Waals surface area contributed by atoms with Gasteiger partial charge in [0.1, 0.15) is 6.04 Å². The second kappa shape index (κ2) is 6.74. The molecular weight excluding hydrogens is 274 g/mol. The number of benzene rings is 1. The minimum atomic E-state index is -1.16. The molecule has 4 N–H and O–H groups in total. The second-order valence-corrected chi connectivity index (χ2v) is 4.79. The smallest absolute Gasteiger partial charge is 0.330 e. The standard InChI is InChI=1S/C14H17N3O4/c18-12-10(7-4-8-15-12)16-14(21)17-11(13(19)20)9-5-2-1-3-6-9/h1-3,5-6,10-11H,4,7-8H2,(H,15,18)(H,19,20)(H2,16,17,21). The Kier molecular flexibility index (Phi) is 4.76. The van der Waals surface area contributed by atoms with Crippen molar-refractivity contribution in [2.75, 3.05) is 6.54 Å². The van der Waals surface area contributed by atoms with E-state index in [4.69, 9.17) is 0 Å². The van der Waals surface area contributed by atoms with Crippen LogP contribution in [0.3, 0.4) is 0 Å². The molecule has 0 spiro atoms. The van der Waals surface area contributed by atoms with E-state index in [9.17, 15) is 19.5 Å². The zero-order valence-corrected chi connectivity index (χ0v) is 11.3. The van der Waals surface area contributed by atoms with Gasteiger partial charge in [-0.3, -0.25) is 4.79 Å². The van der Waals surface area contributed by atoms with Crippen LogP contribution in [0.5, 0.6) is 0 Å². The van der Waals surface area contributed by atoms with E-state index in [1.54, 1.807) is 30.3 Å². The lowest BCUT2D eigenvalue weighted by atomic mass is 10.1. The average molecular weight is 291 g/mol. The minimum Gasteiger partial charge on any atom is -0.479 e. The van der Waals surface area contributed by atoms with E-state index in [0.717, 1.165) is 6.42 Å². The number of hydrogen-bond acceptors (Lipinski definition) is 3. The van der Waals surface area contributed by atoms with Crippen molar-refractivity contribution in [2.24, 2.45) is 0 Å². The molecule has 1 saturated heterocycles. The molecule has 1 fully saturated rings. The lowest BCUT2D eigenvalue weighted by molar-refractivity contribution is -0.139. The Balaban J connectivity index is 1.99. The van der Waals surface area contributed by atoms with E-state index < -0.39 is 24.1 Å². The molecule has 2 rings (SSSR count). The zero-order valence-electron chi connectivity index (χ0n) is 11.3. The number of piperidine rings is 1. The average Bonchev–Trinajstić information content (AvgIpc) is 2.48. The van der Waals surface area contributed by atoms with Crippen LogP contribution in [0.2, 0.25) is 0 Å². The summed E-state index contributed by atoms with van der Waals surface area (Å²) >= 11 is 0. The molecule has 112 valence electrons. The van der Waals surface area contributed by atoms with E-state index in [2.05, 4.69) is 16.0 Å². The first-order valence-electron chi connectivity index (χ1n) is 6.70. The topological polar surface area (TPSA) is 108 Å². The fourth-order valence-electron chi connectivity index (χ4n) is 2.17. The van der Waals surface area contributed by atoms with E-state index in [1.807, 2.05) is 0 Å². The van der Waals surface area contributed by atoms with Gasteiger partial charge >= 0.3 is 12.0 Å². The maximum Gasteiger partial charge on any atom is 0.330 e. The van der Waals surface area contributed by atoms with Crippen LogP contribution < -0.4 is 16.0 Å². The molecule has 0 saturated carbocycles. The lowest BCUT2D eigenvalue weighted by Gasteiger charge is -2.24. The SMILES string of the molecule is O=C(NC1CCCNC1=O)NC(C(=O)O)c1ccccc1. The fourth-order valence-corrected chi connectivity index (χ4v) is 2.17. The third-order valence-corrected chi connectivity index (χ3v) is 3.25. The number of rotatable bonds is 4. The molecule has 0 aliphatic carbocycles. The molecule has 7 nitrogen and oxygen atoms in total. The molecule has 1 aliphatic rings. The molecule has 3 amide bonds. The number of carbonyl (C=O) groups is 3. The Morgan fingerprint density at radius 3 is 2.62 bits per heavy atom. The van der Waals surface area contributed by atoms with Crippen LogP contribution in [0.15, 0.2) is 30.3 Å². The number of amides is 3. The molecule has 1 aliphatic heterocycles. The molecule has 1 heterocycles. The summed E-state index contributed by atoms with van der Waals surface area (Å²) in [5.74, 6) is -1.41. The van der Waals surface area contributed by atoms with Crippen LogP contribution in [-0.2, 0) is 9.59 Å². The Morgan fingerprint density at radius 1 is 1.29 bits per heavy atom. The Labute approximate surface area is 121 Å². The van der Waals surface area contributed by atoms with Crippen molar-refractivity contribution >= 4 is 17.9 Å². The first kappa shape index (κ1) is 14.8.